The zero-order valence-corrected chi connectivity index (χ0v) is 24.2. The topological polar surface area (TPSA) is 110 Å². The molecule has 2 saturated heterocycles. The zero-order valence-electron chi connectivity index (χ0n) is 22.0. The van der Waals surface area contributed by atoms with E-state index in [1.54, 1.807) is 18.3 Å². The van der Waals surface area contributed by atoms with Crippen LogP contribution in [0.3, 0.4) is 0 Å². The van der Waals surface area contributed by atoms with Crippen molar-refractivity contribution in [3.63, 3.8) is 0 Å². The molecule has 1 aromatic carbocycles. The number of aromatic nitrogens is 5. The molecule has 0 bridgehead atoms. The number of ketones is 1. The maximum absolute atomic E-state index is 13.2. The maximum atomic E-state index is 13.2. The van der Waals surface area contributed by atoms with E-state index in [-0.39, 0.29) is 23.1 Å². The number of halogens is 1. The Morgan fingerprint density at radius 3 is 2.75 bits per heavy atom. The number of benzene rings is 1. The number of pyridine rings is 1. The van der Waals surface area contributed by atoms with Crippen LogP contribution in [0.1, 0.15) is 54.3 Å². The van der Waals surface area contributed by atoms with E-state index in [0.29, 0.717) is 23.8 Å². The van der Waals surface area contributed by atoms with Crippen molar-refractivity contribution in [2.24, 2.45) is 11.8 Å². The summed E-state index contributed by atoms with van der Waals surface area (Å²) < 4.78 is 8.76. The number of Topliss-reactive ketones (excluding diaryl/α,β-unsaturated/α-hetero) is 1. The fourth-order valence-corrected chi connectivity index (χ4v) is 7.50. The van der Waals surface area contributed by atoms with Crippen molar-refractivity contribution < 1.29 is 9.53 Å². The van der Waals surface area contributed by atoms with Gasteiger partial charge in [0.15, 0.2) is 15.6 Å². The minimum Gasteiger partial charge on any atom is -0.356 e. The summed E-state index contributed by atoms with van der Waals surface area (Å²) in [7, 11) is 0. The fraction of sp³-hybridized carbons (Fsp3) is 0.400. The smallest absolute Gasteiger partial charge is 0.206 e. The first kappa shape index (κ1) is 25.7. The average molecular weight is 648 g/mol. The van der Waals surface area contributed by atoms with Crippen LogP contribution in [0.4, 0.5) is 5.82 Å². The van der Waals surface area contributed by atoms with Crippen LogP contribution in [0.2, 0.25) is 0 Å². The molecule has 2 aliphatic heterocycles. The van der Waals surface area contributed by atoms with Crippen molar-refractivity contribution in [1.82, 2.24) is 24.7 Å². The Hall–Kier alpha value is -3.25. The van der Waals surface area contributed by atoms with E-state index in [1.807, 2.05) is 41.3 Å². The van der Waals surface area contributed by atoms with Gasteiger partial charge in [-0.1, -0.05) is 36.4 Å². The van der Waals surface area contributed by atoms with Crippen LogP contribution in [0.15, 0.2) is 61.1 Å². The Bertz CT molecular complexity index is 1570. The van der Waals surface area contributed by atoms with E-state index in [0.717, 1.165) is 71.6 Å². The summed E-state index contributed by atoms with van der Waals surface area (Å²) in [6.45, 7) is 2.37. The second-order valence-electron chi connectivity index (χ2n) is 11.0. The molecule has 9 nitrogen and oxygen atoms in total. The molecule has 3 aromatic heterocycles. The molecule has 1 aliphatic carbocycles. The minimum atomic E-state index is -0.283. The van der Waals surface area contributed by atoms with Gasteiger partial charge in [-0.3, -0.25) is 9.78 Å². The third-order valence-corrected chi connectivity index (χ3v) is 9.63. The van der Waals surface area contributed by atoms with Gasteiger partial charge < -0.3 is 15.0 Å². The molecular formula is C30H30IN7O2. The summed E-state index contributed by atoms with van der Waals surface area (Å²) in [5.41, 5.74) is 3.12. The maximum Gasteiger partial charge on any atom is 0.206 e. The lowest BCUT2D eigenvalue weighted by atomic mass is 9.85. The first-order valence-corrected chi connectivity index (χ1v) is 15.0. The molecule has 4 unspecified atom stereocenters. The SMILES string of the molecule is N=C(CC1(c2cccnc2)C2CCN(c3cnc4c(I)nn(C5CCCCO5)c4n3)CC21)C(=O)c1ccccc1. The number of rotatable bonds is 7. The molecule has 1 saturated carbocycles. The van der Waals surface area contributed by atoms with E-state index < -0.39 is 0 Å². The molecule has 0 spiro atoms. The van der Waals surface area contributed by atoms with E-state index in [1.165, 1.54) is 0 Å². The molecule has 3 aliphatic rings. The monoisotopic (exact) mass is 647 g/mol. The van der Waals surface area contributed by atoms with Crippen molar-refractivity contribution in [1.29, 1.82) is 5.41 Å². The normalized spacial score (nSPS) is 25.9. The summed E-state index contributed by atoms with van der Waals surface area (Å²) in [6.07, 6.45) is 9.92. The molecule has 3 fully saturated rings. The van der Waals surface area contributed by atoms with Gasteiger partial charge in [-0.05, 0) is 71.7 Å². The van der Waals surface area contributed by atoms with Crippen LogP contribution in [-0.4, -0.2) is 55.9 Å². The summed E-state index contributed by atoms with van der Waals surface area (Å²) in [6, 6.07) is 13.2. The van der Waals surface area contributed by atoms with Gasteiger partial charge in [-0.2, -0.15) is 5.10 Å². The van der Waals surface area contributed by atoms with Crippen molar-refractivity contribution in [3.05, 3.63) is 75.9 Å². The standard InChI is InChI=1S/C30H30IN7O2/c31-28-26-29(38(36-28)25-10-4-5-14-40-25)35-24(17-34-26)37-13-11-21-22(18-37)30(21,20-9-6-12-33-16-20)15-23(32)27(39)19-7-2-1-3-8-19/h1-3,6-9,12,16-17,21-22,25,32H,4-5,10-11,13-15,18H2. The van der Waals surface area contributed by atoms with Gasteiger partial charge in [0.1, 0.15) is 11.3 Å². The van der Waals surface area contributed by atoms with Crippen molar-refractivity contribution in [2.45, 2.75) is 43.7 Å². The Morgan fingerprint density at radius 2 is 1.98 bits per heavy atom. The molecule has 4 atom stereocenters. The van der Waals surface area contributed by atoms with Gasteiger partial charge in [-0.25, -0.2) is 14.6 Å². The lowest BCUT2D eigenvalue weighted by Crippen LogP contribution is -2.32. The number of carbonyl (C=O) groups excluding carboxylic acids is 1. The number of nitrogens with one attached hydrogen (secondary N) is 1. The first-order valence-electron chi connectivity index (χ1n) is 13.9. The van der Waals surface area contributed by atoms with Gasteiger partial charge in [0, 0.05) is 49.5 Å². The highest BCUT2D eigenvalue weighted by Gasteiger charge is 2.66. The number of ether oxygens (including phenoxy) is 1. The fourth-order valence-electron chi connectivity index (χ4n) is 6.89. The van der Waals surface area contributed by atoms with Crippen molar-refractivity contribution in [2.75, 3.05) is 24.6 Å². The van der Waals surface area contributed by atoms with E-state index >= 15 is 0 Å². The van der Waals surface area contributed by atoms with Crippen molar-refractivity contribution in [3.8, 4) is 0 Å². The third kappa shape index (κ3) is 4.32. The van der Waals surface area contributed by atoms with Crippen LogP contribution < -0.4 is 4.90 Å². The second-order valence-corrected chi connectivity index (χ2v) is 12.1. The van der Waals surface area contributed by atoms with Crippen LogP contribution >= 0.6 is 22.6 Å². The second kappa shape index (κ2) is 10.3. The molecule has 204 valence electrons. The van der Waals surface area contributed by atoms with Gasteiger partial charge in [0.25, 0.3) is 0 Å². The lowest BCUT2D eigenvalue weighted by molar-refractivity contribution is -0.0372. The Balaban J connectivity index is 1.17. The molecule has 0 radical (unpaired) electrons. The molecular weight excluding hydrogens is 617 g/mol. The predicted molar refractivity (Wildman–Crippen MR) is 160 cm³/mol. The minimum absolute atomic E-state index is 0.107. The van der Waals surface area contributed by atoms with E-state index in [9.17, 15) is 4.79 Å². The largest absolute Gasteiger partial charge is 0.356 e. The van der Waals surface area contributed by atoms with Crippen LogP contribution in [-0.2, 0) is 10.2 Å². The van der Waals surface area contributed by atoms with Crippen LogP contribution in [0, 0.1) is 20.9 Å². The Kier molecular flexibility index (Phi) is 6.62. The van der Waals surface area contributed by atoms with Crippen LogP contribution in [0.5, 0.6) is 0 Å². The molecule has 0 amide bonds. The molecule has 1 N–H and O–H groups in total. The summed E-state index contributed by atoms with van der Waals surface area (Å²) in [5.74, 6) is 1.31. The van der Waals surface area contributed by atoms with Gasteiger partial charge in [0.2, 0.25) is 5.78 Å². The summed E-state index contributed by atoms with van der Waals surface area (Å²) in [5, 5.41) is 13.6. The highest BCUT2D eigenvalue weighted by molar-refractivity contribution is 14.1. The Morgan fingerprint density at radius 1 is 1.10 bits per heavy atom. The van der Waals surface area contributed by atoms with E-state index in [4.69, 9.17) is 25.2 Å². The quantitative estimate of drug-likeness (QED) is 0.167. The number of nitrogens with zero attached hydrogens (tertiary/aromatic N) is 6. The van der Waals surface area contributed by atoms with Gasteiger partial charge in [-0.15, -0.1) is 0 Å². The number of piperidine rings is 1. The Labute approximate surface area is 246 Å². The molecule has 7 rings (SSSR count). The molecule has 40 heavy (non-hydrogen) atoms. The summed E-state index contributed by atoms with van der Waals surface area (Å²) >= 11 is 2.23. The third-order valence-electron chi connectivity index (χ3n) is 8.91. The molecule has 10 heteroatoms. The number of hydrogen-bond acceptors (Lipinski definition) is 8. The lowest BCUT2D eigenvalue weighted by Gasteiger charge is -2.27. The van der Waals surface area contributed by atoms with Gasteiger partial charge >= 0.3 is 0 Å². The highest BCUT2D eigenvalue weighted by atomic mass is 127. The van der Waals surface area contributed by atoms with Crippen molar-refractivity contribution >= 4 is 51.1 Å². The average Bonchev–Trinajstić information content (AvgIpc) is 3.53. The first-order chi connectivity index (χ1) is 19.6. The number of anilines is 1. The molecule has 5 heterocycles. The number of carbonyl (C=O) groups is 1. The van der Waals surface area contributed by atoms with Gasteiger partial charge in [0.05, 0.1) is 11.9 Å². The molecule has 4 aromatic rings. The number of fused-ring (bicyclic) bond motifs is 2. The summed E-state index contributed by atoms with van der Waals surface area (Å²) in [4.78, 5) is 29.7. The van der Waals surface area contributed by atoms with E-state index in [2.05, 4.69) is 38.5 Å². The highest BCUT2D eigenvalue weighted by Crippen LogP contribution is 2.65. The number of hydrogen-bond donors (Lipinski definition) is 1. The zero-order chi connectivity index (χ0) is 27.3. The van der Waals surface area contributed by atoms with Crippen LogP contribution in [0.25, 0.3) is 11.2 Å². The predicted octanol–water partition coefficient (Wildman–Crippen LogP) is 5.21.